The Hall–Kier alpha value is -4.12. The Morgan fingerprint density at radius 3 is 2.44 bits per heavy atom. The Kier molecular flexibility index (Phi) is 5.98. The molecule has 1 saturated carbocycles. The van der Waals surface area contributed by atoms with E-state index in [0.29, 0.717) is 23.5 Å². The van der Waals surface area contributed by atoms with E-state index >= 15 is 0 Å². The van der Waals surface area contributed by atoms with Crippen LogP contribution in [-0.2, 0) is 5.54 Å². The highest BCUT2D eigenvalue weighted by molar-refractivity contribution is 6.08. The molecule has 0 radical (unpaired) electrons. The first kappa shape index (κ1) is 25.2. The molecule has 1 aliphatic heterocycles. The second-order valence-electron chi connectivity index (χ2n) is 10.9. The predicted octanol–water partition coefficient (Wildman–Crippen LogP) is 3.80. The van der Waals surface area contributed by atoms with Gasteiger partial charge in [0.25, 0.3) is 11.5 Å². The minimum atomic E-state index is -0.966. The van der Waals surface area contributed by atoms with Crippen LogP contribution < -0.4 is 21.5 Å². The van der Waals surface area contributed by atoms with Crippen LogP contribution in [0.25, 0.3) is 16.6 Å². The van der Waals surface area contributed by atoms with Gasteiger partial charge < -0.3 is 16.0 Å². The maximum Gasteiger partial charge on any atom is 0.276 e. The molecule has 1 aliphatic carbocycles. The smallest absolute Gasteiger partial charge is 0.276 e. The molecule has 3 N–H and O–H groups in total. The van der Waals surface area contributed by atoms with Crippen LogP contribution in [0.5, 0.6) is 0 Å². The molecule has 2 fully saturated rings. The maximum absolute atomic E-state index is 14.4. The molecular weight excluding hydrogens is 504 g/mol. The van der Waals surface area contributed by atoms with Crippen LogP contribution in [0.15, 0.2) is 53.5 Å². The summed E-state index contributed by atoms with van der Waals surface area (Å²) in [6.45, 7) is 5.61. The van der Waals surface area contributed by atoms with E-state index in [-0.39, 0.29) is 23.2 Å². The zero-order valence-electron chi connectivity index (χ0n) is 21.7. The number of amides is 1. The van der Waals surface area contributed by atoms with Crippen LogP contribution in [0, 0.1) is 17.6 Å². The zero-order valence-corrected chi connectivity index (χ0v) is 21.7. The van der Waals surface area contributed by atoms with E-state index in [9.17, 15) is 18.4 Å². The summed E-state index contributed by atoms with van der Waals surface area (Å²) in [5.74, 6) is -2.31. The summed E-state index contributed by atoms with van der Waals surface area (Å²) in [4.78, 5) is 28.0. The monoisotopic (exact) mass is 533 g/mol. The maximum atomic E-state index is 14.4. The van der Waals surface area contributed by atoms with Crippen LogP contribution in [0.4, 0.5) is 20.2 Å². The van der Waals surface area contributed by atoms with Crippen molar-refractivity contribution in [2.24, 2.45) is 11.7 Å². The fourth-order valence-electron chi connectivity index (χ4n) is 5.46. The van der Waals surface area contributed by atoms with Crippen molar-refractivity contribution in [1.82, 2.24) is 19.6 Å². The number of hydrogen-bond donors (Lipinski definition) is 2. The van der Waals surface area contributed by atoms with E-state index in [0.717, 1.165) is 54.1 Å². The minimum Gasteiger partial charge on any atom is -0.367 e. The lowest BCUT2D eigenvalue weighted by Crippen LogP contribution is -2.37. The van der Waals surface area contributed by atoms with Crippen LogP contribution in [-0.4, -0.2) is 44.6 Å². The van der Waals surface area contributed by atoms with Crippen molar-refractivity contribution < 1.29 is 13.6 Å². The highest BCUT2D eigenvalue weighted by Gasteiger charge is 2.36. The first-order chi connectivity index (χ1) is 18.6. The number of para-hydroxylation sites is 1. The molecule has 2 aromatic carbocycles. The molecule has 0 unspecified atom stereocenters. The van der Waals surface area contributed by atoms with Gasteiger partial charge in [-0.15, -0.1) is 0 Å². The Morgan fingerprint density at radius 1 is 1.05 bits per heavy atom. The fourth-order valence-corrected chi connectivity index (χ4v) is 5.46. The van der Waals surface area contributed by atoms with Gasteiger partial charge in [0.05, 0.1) is 22.4 Å². The molecule has 6 rings (SSSR count). The van der Waals surface area contributed by atoms with Gasteiger partial charge in [-0.3, -0.25) is 14.3 Å². The molecule has 2 aliphatic rings. The third kappa shape index (κ3) is 4.26. The molecular formula is C28H29F2N7O2. The number of nitrogens with one attached hydrogen (secondary N) is 1. The zero-order chi connectivity index (χ0) is 27.5. The average Bonchev–Trinajstić information content (AvgIpc) is 3.46. The second kappa shape index (κ2) is 9.26. The summed E-state index contributed by atoms with van der Waals surface area (Å²) in [7, 11) is 0. The van der Waals surface area contributed by atoms with E-state index < -0.39 is 28.8 Å². The SMILES string of the molecule is C[C@H]1CN(c2c(NC(=O)c3ccc(=O)n(-c4c(F)cccc4F)n3)ccc3nn(C4(C)CCC4)cc23)C[C@@H]1N. The van der Waals surface area contributed by atoms with Crippen molar-refractivity contribution in [2.75, 3.05) is 23.3 Å². The Morgan fingerprint density at radius 2 is 1.79 bits per heavy atom. The van der Waals surface area contributed by atoms with Crippen LogP contribution in [0.3, 0.4) is 0 Å². The number of carbonyl (C=O) groups excluding carboxylic acids is 1. The van der Waals surface area contributed by atoms with Gasteiger partial charge in [0.1, 0.15) is 11.4 Å². The van der Waals surface area contributed by atoms with Crippen molar-refractivity contribution in [3.8, 4) is 5.69 Å². The number of hydrogen-bond acceptors (Lipinski definition) is 6. The molecule has 4 aromatic rings. The van der Waals surface area contributed by atoms with E-state index in [2.05, 4.69) is 29.2 Å². The van der Waals surface area contributed by atoms with E-state index in [4.69, 9.17) is 10.8 Å². The Bertz CT molecular complexity index is 1630. The molecule has 39 heavy (non-hydrogen) atoms. The van der Waals surface area contributed by atoms with Gasteiger partial charge in [-0.1, -0.05) is 13.0 Å². The van der Waals surface area contributed by atoms with Gasteiger partial charge in [0.15, 0.2) is 11.6 Å². The number of halogens is 2. The average molecular weight is 534 g/mol. The largest absolute Gasteiger partial charge is 0.367 e. The normalized spacial score (nSPS) is 20.3. The summed E-state index contributed by atoms with van der Waals surface area (Å²) in [6, 6.07) is 9.14. The van der Waals surface area contributed by atoms with Gasteiger partial charge in [0.2, 0.25) is 0 Å². The van der Waals surface area contributed by atoms with Crippen molar-refractivity contribution in [3.05, 3.63) is 76.3 Å². The molecule has 2 atom stereocenters. The first-order valence-corrected chi connectivity index (χ1v) is 13.0. The van der Waals surface area contributed by atoms with Crippen LogP contribution in [0.2, 0.25) is 0 Å². The number of nitrogens with zero attached hydrogens (tertiary/aromatic N) is 5. The van der Waals surface area contributed by atoms with Crippen molar-refractivity contribution in [3.63, 3.8) is 0 Å². The van der Waals surface area contributed by atoms with Gasteiger partial charge >= 0.3 is 0 Å². The topological polar surface area (TPSA) is 111 Å². The molecule has 2 aromatic heterocycles. The van der Waals surface area contributed by atoms with E-state index in [1.807, 2.05) is 16.9 Å². The summed E-state index contributed by atoms with van der Waals surface area (Å²) in [5.41, 5.74) is 6.89. The summed E-state index contributed by atoms with van der Waals surface area (Å²) >= 11 is 0. The lowest BCUT2D eigenvalue weighted by molar-refractivity contribution is 0.102. The molecule has 11 heteroatoms. The van der Waals surface area contributed by atoms with Gasteiger partial charge in [-0.25, -0.2) is 8.78 Å². The van der Waals surface area contributed by atoms with Crippen LogP contribution >= 0.6 is 0 Å². The molecule has 0 bridgehead atoms. The third-order valence-corrected chi connectivity index (χ3v) is 8.06. The Labute approximate surface area is 223 Å². The molecule has 202 valence electrons. The number of fused-ring (bicyclic) bond motifs is 1. The molecule has 1 amide bonds. The predicted molar refractivity (Wildman–Crippen MR) is 144 cm³/mol. The minimum absolute atomic E-state index is 0.0242. The lowest BCUT2D eigenvalue weighted by Gasteiger charge is -2.38. The number of anilines is 2. The van der Waals surface area contributed by atoms with Gasteiger partial charge in [-0.05, 0) is 62.4 Å². The fraction of sp³-hybridized carbons (Fsp3) is 0.357. The van der Waals surface area contributed by atoms with E-state index in [1.165, 1.54) is 12.1 Å². The number of nitrogens with two attached hydrogens (primary N) is 1. The third-order valence-electron chi connectivity index (χ3n) is 8.06. The standard InChI is InChI=1S/C28H29F2N7O2/c1-16-13-35(15-20(16)31)25-17-14-36(28(2)11-4-12-28)33-21(17)7-8-22(25)32-27(39)23-9-10-24(38)37(34-23)26-18(29)5-3-6-19(26)30/h3,5-10,14,16,20H,4,11-13,15,31H2,1-2H3,(H,32,39)/t16-,20-/m0/s1. The molecule has 1 saturated heterocycles. The molecule has 3 heterocycles. The van der Waals surface area contributed by atoms with Gasteiger partial charge in [-0.2, -0.15) is 14.9 Å². The summed E-state index contributed by atoms with van der Waals surface area (Å²) in [5, 5.41) is 12.6. The number of rotatable bonds is 5. The summed E-state index contributed by atoms with van der Waals surface area (Å²) < 4.78 is 31.4. The van der Waals surface area contributed by atoms with E-state index in [1.54, 1.807) is 6.07 Å². The highest BCUT2D eigenvalue weighted by Crippen LogP contribution is 2.42. The van der Waals surface area contributed by atoms with Crippen molar-refractivity contribution in [2.45, 2.75) is 44.7 Å². The Balaban J connectivity index is 1.40. The number of carbonyl (C=O) groups is 1. The molecule has 0 spiro atoms. The van der Waals surface area contributed by atoms with Crippen LogP contribution in [0.1, 0.15) is 43.6 Å². The highest BCUT2D eigenvalue weighted by atomic mass is 19.1. The van der Waals surface area contributed by atoms with Crippen molar-refractivity contribution in [1.29, 1.82) is 0 Å². The lowest BCUT2D eigenvalue weighted by atomic mass is 9.79. The second-order valence-corrected chi connectivity index (χ2v) is 10.9. The van der Waals surface area contributed by atoms with Gasteiger partial charge in [0, 0.05) is 36.8 Å². The first-order valence-electron chi connectivity index (χ1n) is 13.0. The number of aromatic nitrogens is 4. The summed E-state index contributed by atoms with van der Waals surface area (Å²) in [6.07, 6.45) is 5.30. The van der Waals surface area contributed by atoms with Crippen molar-refractivity contribution >= 4 is 28.2 Å². The molecule has 9 nitrogen and oxygen atoms in total. The number of benzene rings is 2. The quantitative estimate of drug-likeness (QED) is 0.404.